The van der Waals surface area contributed by atoms with Gasteiger partial charge in [-0.1, -0.05) is 6.07 Å². The number of hydrogen-bond acceptors (Lipinski definition) is 2. The van der Waals surface area contributed by atoms with Crippen LogP contribution in [0.15, 0.2) is 42.6 Å². The Kier molecular flexibility index (Phi) is 3.36. The first-order valence-corrected chi connectivity index (χ1v) is 6.95. The predicted octanol–water partition coefficient (Wildman–Crippen LogP) is 4.06. The number of methoxy groups -OCH3 is 1. The van der Waals surface area contributed by atoms with Gasteiger partial charge in [0.2, 0.25) is 0 Å². The summed E-state index contributed by atoms with van der Waals surface area (Å²) in [6, 6.07) is 12.0. The zero-order valence-electron chi connectivity index (χ0n) is 11.4. The minimum Gasteiger partial charge on any atom is -0.496 e. The first kappa shape index (κ1) is 13.0. The number of nitrogens with zero attached hydrogens (tertiary/aromatic N) is 2. The summed E-state index contributed by atoms with van der Waals surface area (Å²) < 4.78 is 7.33. The fourth-order valence-electron chi connectivity index (χ4n) is 2.43. The Balaban J connectivity index is 2.21. The molecule has 20 heavy (non-hydrogen) atoms. The smallest absolute Gasteiger partial charge is 0.137 e. The molecule has 3 rings (SSSR count). The fourth-order valence-corrected chi connectivity index (χ4v) is 2.69. The number of imidazole rings is 1. The molecule has 102 valence electrons. The van der Waals surface area contributed by atoms with Crippen molar-refractivity contribution in [2.24, 2.45) is 0 Å². The molecule has 2 aromatic heterocycles. The molecule has 0 aliphatic carbocycles. The highest BCUT2D eigenvalue weighted by molar-refractivity contribution is 6.17. The molecule has 3 nitrogen and oxygen atoms in total. The lowest BCUT2D eigenvalue weighted by atomic mass is 10.1. The average Bonchev–Trinajstić information content (AvgIpc) is 2.85. The van der Waals surface area contributed by atoms with Gasteiger partial charge in [-0.15, -0.1) is 11.6 Å². The molecule has 0 N–H and O–H groups in total. The van der Waals surface area contributed by atoms with E-state index in [4.69, 9.17) is 16.3 Å². The number of aryl methyl sites for hydroxylation is 1. The van der Waals surface area contributed by atoms with Crippen LogP contribution in [0.2, 0.25) is 0 Å². The molecule has 2 heterocycles. The van der Waals surface area contributed by atoms with Crippen molar-refractivity contribution in [1.82, 2.24) is 9.38 Å². The molecule has 0 saturated heterocycles. The van der Waals surface area contributed by atoms with Crippen LogP contribution >= 0.6 is 11.6 Å². The molecule has 0 aliphatic rings. The van der Waals surface area contributed by atoms with Gasteiger partial charge in [-0.2, -0.15) is 0 Å². The Bertz CT molecular complexity index is 764. The number of hydrogen-bond donors (Lipinski definition) is 0. The van der Waals surface area contributed by atoms with Crippen LogP contribution in [0.25, 0.3) is 16.9 Å². The standard InChI is InChI=1S/C16H15ClN2O/c1-11-9-12(6-7-14(11)20-2)16-13(10-17)19-8-4-3-5-15(19)18-16/h3-9H,10H2,1-2H3. The third-order valence-electron chi connectivity index (χ3n) is 3.42. The zero-order chi connectivity index (χ0) is 14.1. The summed E-state index contributed by atoms with van der Waals surface area (Å²) in [5.41, 5.74) is 4.99. The normalized spacial score (nSPS) is 10.9. The lowest BCUT2D eigenvalue weighted by molar-refractivity contribution is 0.412. The van der Waals surface area contributed by atoms with E-state index in [9.17, 15) is 0 Å². The quantitative estimate of drug-likeness (QED) is 0.679. The van der Waals surface area contributed by atoms with Crippen LogP contribution in [0.4, 0.5) is 0 Å². The first-order chi connectivity index (χ1) is 9.74. The maximum absolute atomic E-state index is 6.12. The van der Waals surface area contributed by atoms with Crippen molar-refractivity contribution in [2.45, 2.75) is 12.8 Å². The van der Waals surface area contributed by atoms with Crippen molar-refractivity contribution in [3.8, 4) is 17.0 Å². The van der Waals surface area contributed by atoms with Crippen LogP contribution < -0.4 is 4.74 Å². The van der Waals surface area contributed by atoms with E-state index in [1.807, 2.05) is 47.9 Å². The molecule has 0 fully saturated rings. The Hall–Kier alpha value is -2.00. The van der Waals surface area contributed by atoms with Crippen molar-refractivity contribution in [3.05, 3.63) is 53.9 Å². The van der Waals surface area contributed by atoms with Gasteiger partial charge in [0.15, 0.2) is 0 Å². The largest absolute Gasteiger partial charge is 0.496 e. The molecule has 3 aromatic rings. The van der Waals surface area contributed by atoms with Crippen molar-refractivity contribution in [3.63, 3.8) is 0 Å². The number of alkyl halides is 1. The minimum atomic E-state index is 0.422. The monoisotopic (exact) mass is 286 g/mol. The lowest BCUT2D eigenvalue weighted by Crippen LogP contribution is -1.92. The van der Waals surface area contributed by atoms with Crippen LogP contribution in [0.1, 0.15) is 11.3 Å². The van der Waals surface area contributed by atoms with Gasteiger partial charge in [0.05, 0.1) is 24.4 Å². The molecule has 0 atom stereocenters. The molecule has 0 aliphatic heterocycles. The third kappa shape index (κ3) is 2.04. The Morgan fingerprint density at radius 1 is 1.25 bits per heavy atom. The summed E-state index contributed by atoms with van der Waals surface area (Å²) in [5, 5.41) is 0. The van der Waals surface area contributed by atoms with Gasteiger partial charge in [0.1, 0.15) is 11.4 Å². The molecule has 4 heteroatoms. The van der Waals surface area contributed by atoms with Gasteiger partial charge >= 0.3 is 0 Å². The van der Waals surface area contributed by atoms with Gasteiger partial charge in [0.25, 0.3) is 0 Å². The number of halogens is 1. The molecule has 0 unspecified atom stereocenters. The number of ether oxygens (including phenoxy) is 1. The van der Waals surface area contributed by atoms with E-state index in [0.717, 1.165) is 33.9 Å². The Morgan fingerprint density at radius 3 is 2.80 bits per heavy atom. The summed E-state index contributed by atoms with van der Waals surface area (Å²) in [7, 11) is 1.68. The van der Waals surface area contributed by atoms with Crippen LogP contribution in [0, 0.1) is 6.92 Å². The van der Waals surface area contributed by atoms with Gasteiger partial charge in [-0.25, -0.2) is 4.98 Å². The van der Waals surface area contributed by atoms with Gasteiger partial charge in [-0.3, -0.25) is 0 Å². The Labute approximate surface area is 122 Å². The SMILES string of the molecule is COc1ccc(-c2nc3ccccn3c2CCl)cc1C. The molecular formula is C16H15ClN2O. The highest BCUT2D eigenvalue weighted by Crippen LogP contribution is 2.29. The molecular weight excluding hydrogens is 272 g/mol. The molecule has 0 amide bonds. The topological polar surface area (TPSA) is 26.5 Å². The highest BCUT2D eigenvalue weighted by atomic mass is 35.5. The zero-order valence-corrected chi connectivity index (χ0v) is 12.2. The van der Waals surface area contributed by atoms with Crippen LogP contribution in [-0.2, 0) is 5.88 Å². The van der Waals surface area contributed by atoms with Crippen LogP contribution in [0.5, 0.6) is 5.75 Å². The highest BCUT2D eigenvalue weighted by Gasteiger charge is 2.13. The lowest BCUT2D eigenvalue weighted by Gasteiger charge is -2.07. The minimum absolute atomic E-state index is 0.422. The van der Waals surface area contributed by atoms with Crippen molar-refractivity contribution in [1.29, 1.82) is 0 Å². The van der Waals surface area contributed by atoms with Crippen LogP contribution in [0.3, 0.4) is 0 Å². The Morgan fingerprint density at radius 2 is 2.10 bits per heavy atom. The predicted molar refractivity (Wildman–Crippen MR) is 81.5 cm³/mol. The van der Waals surface area contributed by atoms with Crippen molar-refractivity contribution >= 4 is 17.2 Å². The van der Waals surface area contributed by atoms with E-state index in [1.165, 1.54) is 0 Å². The molecule has 0 radical (unpaired) electrons. The van der Waals surface area contributed by atoms with Gasteiger partial charge in [0, 0.05) is 11.8 Å². The van der Waals surface area contributed by atoms with Gasteiger partial charge in [-0.05, 0) is 42.8 Å². The van der Waals surface area contributed by atoms with Crippen LogP contribution in [-0.4, -0.2) is 16.5 Å². The van der Waals surface area contributed by atoms with E-state index in [-0.39, 0.29) is 0 Å². The fraction of sp³-hybridized carbons (Fsp3) is 0.188. The van der Waals surface area contributed by atoms with E-state index in [1.54, 1.807) is 7.11 Å². The van der Waals surface area contributed by atoms with E-state index >= 15 is 0 Å². The number of fused-ring (bicyclic) bond motifs is 1. The van der Waals surface area contributed by atoms with Crippen molar-refractivity contribution in [2.75, 3.05) is 7.11 Å². The summed E-state index contributed by atoms with van der Waals surface area (Å²) in [5.74, 6) is 1.30. The van der Waals surface area contributed by atoms with E-state index in [2.05, 4.69) is 11.1 Å². The first-order valence-electron chi connectivity index (χ1n) is 6.41. The molecule has 0 saturated carbocycles. The molecule has 0 spiro atoms. The average molecular weight is 287 g/mol. The van der Waals surface area contributed by atoms with E-state index in [0.29, 0.717) is 5.88 Å². The number of benzene rings is 1. The number of aromatic nitrogens is 2. The second kappa shape index (κ2) is 5.17. The maximum atomic E-state index is 6.12. The second-order valence-corrected chi connectivity index (χ2v) is 4.92. The summed E-state index contributed by atoms with van der Waals surface area (Å²) in [6.07, 6.45) is 1.99. The third-order valence-corrected chi connectivity index (χ3v) is 3.68. The summed E-state index contributed by atoms with van der Waals surface area (Å²) in [4.78, 5) is 4.69. The summed E-state index contributed by atoms with van der Waals surface area (Å²) in [6.45, 7) is 2.03. The van der Waals surface area contributed by atoms with E-state index < -0.39 is 0 Å². The second-order valence-electron chi connectivity index (χ2n) is 4.65. The van der Waals surface area contributed by atoms with Gasteiger partial charge < -0.3 is 9.14 Å². The molecule has 1 aromatic carbocycles. The number of rotatable bonds is 3. The maximum Gasteiger partial charge on any atom is 0.137 e. The summed E-state index contributed by atoms with van der Waals surface area (Å²) >= 11 is 6.12. The van der Waals surface area contributed by atoms with Crippen molar-refractivity contribution < 1.29 is 4.74 Å². The molecule has 0 bridgehead atoms. The number of pyridine rings is 1.